The summed E-state index contributed by atoms with van der Waals surface area (Å²) in [6, 6.07) is 7.88. The number of halogens is 1. The lowest BCUT2D eigenvalue weighted by Crippen LogP contribution is -2.21. The van der Waals surface area contributed by atoms with E-state index in [1.54, 1.807) is 11.3 Å². The maximum absolute atomic E-state index is 14.3. The summed E-state index contributed by atoms with van der Waals surface area (Å²) in [4.78, 5) is 31.3. The van der Waals surface area contributed by atoms with Crippen molar-refractivity contribution in [1.82, 2.24) is 8.75 Å². The molecule has 0 fully saturated rings. The Morgan fingerprint density at radius 3 is 1.65 bits per heavy atom. The first-order chi connectivity index (χ1) is 20.8. The predicted molar refractivity (Wildman–Crippen MR) is 184 cm³/mol. The van der Waals surface area contributed by atoms with Gasteiger partial charge in [-0.25, -0.2) is 9.59 Å². The Balaban J connectivity index is 1.92. The highest BCUT2D eigenvalue weighted by Crippen LogP contribution is 2.46. The number of thiophene rings is 2. The number of nitrogens with zero attached hydrogens (tertiary/aromatic N) is 2. The molecule has 0 radical (unpaired) electrons. The minimum atomic E-state index is -0.524. The van der Waals surface area contributed by atoms with Crippen molar-refractivity contribution in [3.05, 3.63) is 44.1 Å². The molecule has 10 heteroatoms. The number of carbonyl (C=O) groups excluding carboxylic acids is 2. The van der Waals surface area contributed by atoms with E-state index in [-0.39, 0.29) is 23.0 Å². The molecule has 0 bridgehead atoms. The molecule has 0 aliphatic heterocycles. The van der Waals surface area contributed by atoms with E-state index in [9.17, 15) is 9.59 Å². The van der Waals surface area contributed by atoms with Gasteiger partial charge in [0, 0.05) is 25.8 Å². The van der Waals surface area contributed by atoms with E-state index in [2.05, 4.69) is 52.4 Å². The Morgan fingerprint density at radius 1 is 0.767 bits per heavy atom. The fourth-order valence-corrected chi connectivity index (χ4v) is 8.15. The highest BCUT2D eigenvalue weighted by molar-refractivity contribution is 9.11. The summed E-state index contributed by atoms with van der Waals surface area (Å²) in [6.45, 7) is 11.2. The Hall–Kier alpha value is -2.14. The molecule has 0 aliphatic rings. The average Bonchev–Trinajstić information content (AvgIpc) is 3.77. The Bertz CT molecular complexity index is 1420. The van der Waals surface area contributed by atoms with Crippen molar-refractivity contribution in [3.63, 3.8) is 0 Å². The number of aromatic nitrogens is 2. The van der Waals surface area contributed by atoms with Gasteiger partial charge >= 0.3 is 11.9 Å². The lowest BCUT2D eigenvalue weighted by molar-refractivity contribution is 0.0383. The van der Waals surface area contributed by atoms with Crippen LogP contribution in [-0.4, -0.2) is 33.9 Å². The molecule has 3 heterocycles. The summed E-state index contributed by atoms with van der Waals surface area (Å²) in [6.07, 6.45) is 8.15. The van der Waals surface area contributed by atoms with E-state index in [0.29, 0.717) is 35.4 Å². The molecule has 2 unspecified atom stereocenters. The molecule has 2 atom stereocenters. The number of ether oxygens (including phenoxy) is 2. The minimum Gasteiger partial charge on any atom is -0.462 e. The van der Waals surface area contributed by atoms with Crippen LogP contribution in [0.4, 0.5) is 0 Å². The highest BCUT2D eigenvalue weighted by Gasteiger charge is 2.34. The fraction of sp³-hybridized carbons (Fsp3) is 0.515. The largest absolute Gasteiger partial charge is 0.462 e. The van der Waals surface area contributed by atoms with Gasteiger partial charge in [0.1, 0.15) is 11.0 Å². The predicted octanol–water partition coefficient (Wildman–Crippen LogP) is 11.0. The third-order valence-electron chi connectivity index (χ3n) is 7.91. The van der Waals surface area contributed by atoms with Gasteiger partial charge in [-0.3, -0.25) is 0 Å². The number of rotatable bonds is 16. The first-order valence-electron chi connectivity index (χ1n) is 15.3. The number of hydrogen-bond acceptors (Lipinski definition) is 9. The molecule has 3 aromatic heterocycles. The van der Waals surface area contributed by atoms with Crippen molar-refractivity contribution in [1.29, 1.82) is 0 Å². The quantitative estimate of drug-likeness (QED) is 0.108. The molecular weight excluding hydrogens is 664 g/mol. The van der Waals surface area contributed by atoms with Crippen molar-refractivity contribution in [3.8, 4) is 20.9 Å². The van der Waals surface area contributed by atoms with Crippen LogP contribution < -0.4 is 0 Å². The van der Waals surface area contributed by atoms with E-state index in [4.69, 9.17) is 9.47 Å². The van der Waals surface area contributed by atoms with Crippen molar-refractivity contribution in [2.75, 3.05) is 13.2 Å². The fourth-order valence-electron chi connectivity index (χ4n) is 5.24. The van der Waals surface area contributed by atoms with Gasteiger partial charge in [-0.15, -0.1) is 22.7 Å². The van der Waals surface area contributed by atoms with Gasteiger partial charge in [-0.1, -0.05) is 66.2 Å². The number of fused-ring (bicyclic) bond motifs is 1. The minimum absolute atomic E-state index is 0.215. The second-order valence-electron chi connectivity index (χ2n) is 11.0. The molecule has 0 saturated carbocycles. The third kappa shape index (κ3) is 8.12. The smallest absolute Gasteiger partial charge is 0.339 e. The standard InChI is InChI=1S/C33H41BrN2O4S3/c1-6-10-12-21(8-3)18-39-32(37)28-26(23-15-14-20(5)41-23)30-31(36-43-35-30)27(24-16-17-25(34)42-24)29(28)33(38)40-19-22(9-4)13-11-7-2/h14-17,21-22H,6-13,18-19H2,1-5H3. The maximum Gasteiger partial charge on any atom is 0.339 e. The van der Waals surface area contributed by atoms with E-state index >= 15 is 0 Å². The lowest BCUT2D eigenvalue weighted by atomic mass is 9.91. The van der Waals surface area contributed by atoms with Crippen LogP contribution in [0.1, 0.15) is 105 Å². The SMILES string of the molecule is CCCCC(CC)COC(=O)c1c(C(=O)OCC(CC)CCCC)c(-c2ccc(Br)s2)c2nsnc2c1-c1ccc(C)s1. The summed E-state index contributed by atoms with van der Waals surface area (Å²) in [7, 11) is 0. The van der Waals surface area contributed by atoms with Crippen LogP contribution in [0, 0.1) is 18.8 Å². The number of hydrogen-bond donors (Lipinski definition) is 0. The van der Waals surface area contributed by atoms with Crippen LogP contribution in [0.25, 0.3) is 31.9 Å². The first-order valence-corrected chi connectivity index (χ1v) is 18.5. The number of aryl methyl sites for hydroxylation is 1. The molecule has 0 amide bonds. The van der Waals surface area contributed by atoms with E-state index in [1.807, 2.05) is 31.2 Å². The molecule has 0 spiro atoms. The average molecular weight is 706 g/mol. The summed E-state index contributed by atoms with van der Waals surface area (Å²) >= 11 is 7.70. The van der Waals surface area contributed by atoms with Gasteiger partial charge in [-0.2, -0.15) is 8.75 Å². The number of esters is 2. The zero-order valence-electron chi connectivity index (χ0n) is 25.7. The van der Waals surface area contributed by atoms with Crippen LogP contribution in [-0.2, 0) is 9.47 Å². The van der Waals surface area contributed by atoms with Crippen LogP contribution in [0.3, 0.4) is 0 Å². The summed E-state index contributed by atoms with van der Waals surface area (Å²) in [5.74, 6) is -0.531. The highest BCUT2D eigenvalue weighted by atomic mass is 79.9. The van der Waals surface area contributed by atoms with Crippen molar-refractivity contribution >= 4 is 73.3 Å². The molecule has 0 saturated heterocycles. The first kappa shape index (κ1) is 33.7. The van der Waals surface area contributed by atoms with Crippen molar-refractivity contribution < 1.29 is 19.1 Å². The molecule has 232 valence electrons. The van der Waals surface area contributed by atoms with Crippen molar-refractivity contribution in [2.24, 2.45) is 11.8 Å². The van der Waals surface area contributed by atoms with E-state index < -0.39 is 11.9 Å². The molecule has 0 aliphatic carbocycles. The summed E-state index contributed by atoms with van der Waals surface area (Å²) < 4.78 is 22.4. The number of unbranched alkanes of at least 4 members (excludes halogenated alkanes) is 2. The van der Waals surface area contributed by atoms with Gasteiger partial charge in [0.25, 0.3) is 0 Å². The van der Waals surface area contributed by atoms with Gasteiger partial charge in [0.2, 0.25) is 0 Å². The van der Waals surface area contributed by atoms with E-state index in [0.717, 1.165) is 81.5 Å². The van der Waals surface area contributed by atoms with Crippen LogP contribution in [0.5, 0.6) is 0 Å². The zero-order chi connectivity index (χ0) is 30.9. The normalized spacial score (nSPS) is 12.9. The molecule has 6 nitrogen and oxygen atoms in total. The summed E-state index contributed by atoms with van der Waals surface area (Å²) in [5.41, 5.74) is 2.80. The zero-order valence-corrected chi connectivity index (χ0v) is 29.7. The summed E-state index contributed by atoms with van der Waals surface area (Å²) in [5, 5.41) is 0. The topological polar surface area (TPSA) is 78.4 Å². The van der Waals surface area contributed by atoms with Gasteiger partial charge in [0.15, 0.2) is 0 Å². The molecule has 4 aromatic rings. The molecule has 1 aromatic carbocycles. The molecule has 0 N–H and O–H groups in total. The number of carbonyl (C=O) groups is 2. The van der Waals surface area contributed by atoms with Gasteiger partial charge < -0.3 is 9.47 Å². The van der Waals surface area contributed by atoms with Crippen molar-refractivity contribution in [2.45, 2.75) is 86.0 Å². The van der Waals surface area contributed by atoms with Gasteiger partial charge in [-0.05, 0) is 71.8 Å². The van der Waals surface area contributed by atoms with Crippen LogP contribution in [0.15, 0.2) is 28.1 Å². The molecule has 43 heavy (non-hydrogen) atoms. The third-order valence-corrected chi connectivity index (χ3v) is 11.1. The Labute approximate surface area is 275 Å². The maximum atomic E-state index is 14.3. The van der Waals surface area contributed by atoms with Crippen LogP contribution in [0.2, 0.25) is 0 Å². The van der Waals surface area contributed by atoms with E-state index in [1.165, 1.54) is 11.3 Å². The molecular formula is C33H41BrN2O4S3. The molecule has 4 rings (SSSR count). The van der Waals surface area contributed by atoms with Crippen LogP contribution >= 0.6 is 50.3 Å². The number of benzene rings is 1. The van der Waals surface area contributed by atoms with Gasteiger partial charge in [0.05, 0.1) is 39.9 Å². The monoisotopic (exact) mass is 704 g/mol. The second-order valence-corrected chi connectivity index (χ2v) is 15.3. The second kappa shape index (κ2) is 16.3. The lowest BCUT2D eigenvalue weighted by Gasteiger charge is -2.20. The Kier molecular flexibility index (Phi) is 12.8. The Morgan fingerprint density at radius 2 is 1.26 bits per heavy atom.